The number of hydrogen-bond donors (Lipinski definition) is 1. The number of fused-ring (bicyclic) bond motifs is 1. The summed E-state index contributed by atoms with van der Waals surface area (Å²) in [4.78, 5) is 13.0. The van der Waals surface area contributed by atoms with Gasteiger partial charge in [0.2, 0.25) is 0 Å². The second-order valence-electron chi connectivity index (χ2n) is 5.69. The summed E-state index contributed by atoms with van der Waals surface area (Å²) in [7, 11) is 0. The highest BCUT2D eigenvalue weighted by molar-refractivity contribution is 7.21. The Kier molecular flexibility index (Phi) is 4.44. The van der Waals surface area contributed by atoms with E-state index in [1.54, 1.807) is 13.0 Å². The smallest absolute Gasteiger partial charge is 0.261 e. The second-order valence-corrected chi connectivity index (χ2v) is 6.74. The van der Waals surface area contributed by atoms with Crippen LogP contribution in [0.3, 0.4) is 0 Å². The Morgan fingerprint density at radius 3 is 2.61 bits per heavy atom. The zero-order chi connectivity index (χ0) is 16.4. The van der Waals surface area contributed by atoms with E-state index < -0.39 is 0 Å². The lowest BCUT2D eigenvalue weighted by molar-refractivity contribution is 0.0955. The average Bonchev–Trinajstić information content (AvgIpc) is 2.91. The lowest BCUT2D eigenvalue weighted by Crippen LogP contribution is -2.27. The lowest BCUT2D eigenvalue weighted by atomic mass is 10.0. The van der Waals surface area contributed by atoms with E-state index in [1.165, 1.54) is 23.0 Å². The Balaban J connectivity index is 1.76. The molecule has 0 aliphatic carbocycles. The molecule has 3 rings (SSSR count). The van der Waals surface area contributed by atoms with E-state index in [0.29, 0.717) is 22.4 Å². The van der Waals surface area contributed by atoms with Crippen molar-refractivity contribution in [3.8, 4) is 0 Å². The number of benzene rings is 2. The van der Waals surface area contributed by atoms with Crippen LogP contribution in [-0.4, -0.2) is 12.5 Å². The molecule has 0 spiro atoms. The predicted octanol–water partition coefficient (Wildman–Crippen LogP) is 4.88. The van der Waals surface area contributed by atoms with E-state index in [0.717, 1.165) is 4.70 Å². The van der Waals surface area contributed by atoms with Gasteiger partial charge >= 0.3 is 0 Å². The molecule has 0 aliphatic heterocycles. The fourth-order valence-electron chi connectivity index (χ4n) is 2.70. The number of carbonyl (C=O) groups is 1. The summed E-state index contributed by atoms with van der Waals surface area (Å²) in [6.07, 6.45) is 0. The van der Waals surface area contributed by atoms with Crippen LogP contribution in [0.1, 0.15) is 33.6 Å². The van der Waals surface area contributed by atoms with Crippen molar-refractivity contribution in [1.29, 1.82) is 0 Å². The summed E-state index contributed by atoms with van der Waals surface area (Å²) in [6, 6.07) is 15.0. The van der Waals surface area contributed by atoms with Crippen LogP contribution in [0.15, 0.2) is 48.5 Å². The van der Waals surface area contributed by atoms with Gasteiger partial charge in [-0.25, -0.2) is 4.39 Å². The Morgan fingerprint density at radius 2 is 1.91 bits per heavy atom. The number of carbonyl (C=O) groups excluding carboxylic acids is 1. The number of hydrogen-bond acceptors (Lipinski definition) is 2. The fraction of sp³-hybridized carbons (Fsp3) is 0.211. The van der Waals surface area contributed by atoms with Gasteiger partial charge in [-0.3, -0.25) is 4.79 Å². The minimum absolute atomic E-state index is 0.133. The Bertz CT molecular complexity index is 841. The third kappa shape index (κ3) is 3.13. The maximum atomic E-state index is 13.9. The van der Waals surface area contributed by atoms with Gasteiger partial charge in [0.15, 0.2) is 0 Å². The van der Waals surface area contributed by atoms with Crippen molar-refractivity contribution < 1.29 is 9.18 Å². The van der Waals surface area contributed by atoms with Crippen molar-refractivity contribution in [1.82, 2.24) is 5.32 Å². The van der Waals surface area contributed by atoms with Crippen molar-refractivity contribution in [2.75, 3.05) is 6.54 Å². The van der Waals surface area contributed by atoms with Gasteiger partial charge in [0.1, 0.15) is 5.82 Å². The molecule has 1 heterocycles. The maximum Gasteiger partial charge on any atom is 0.261 e. The van der Waals surface area contributed by atoms with Crippen LogP contribution in [0.25, 0.3) is 10.1 Å². The molecule has 2 aromatic carbocycles. The molecule has 0 unspecified atom stereocenters. The first-order valence-electron chi connectivity index (χ1n) is 7.58. The third-order valence-corrected chi connectivity index (χ3v) is 5.30. The summed E-state index contributed by atoms with van der Waals surface area (Å²) < 4.78 is 14.7. The van der Waals surface area contributed by atoms with Crippen LogP contribution < -0.4 is 5.32 Å². The SMILES string of the molecule is Cc1c(C(=O)NC[C@H](C)c2ccccc2)sc2cccc(F)c12. The van der Waals surface area contributed by atoms with Crippen molar-refractivity contribution in [2.45, 2.75) is 19.8 Å². The van der Waals surface area contributed by atoms with Gasteiger partial charge in [-0.15, -0.1) is 11.3 Å². The molecule has 0 saturated heterocycles. The van der Waals surface area contributed by atoms with Crippen molar-refractivity contribution in [3.05, 3.63) is 70.4 Å². The molecule has 118 valence electrons. The molecule has 0 saturated carbocycles. The summed E-state index contributed by atoms with van der Waals surface area (Å²) in [5, 5.41) is 3.52. The van der Waals surface area contributed by atoms with Crippen LogP contribution in [0.2, 0.25) is 0 Å². The number of halogens is 1. The number of nitrogens with one attached hydrogen (secondary N) is 1. The van der Waals surface area contributed by atoms with Gasteiger partial charge in [0.25, 0.3) is 5.91 Å². The van der Waals surface area contributed by atoms with Crippen molar-refractivity contribution >= 4 is 27.3 Å². The fourth-order valence-corrected chi connectivity index (χ4v) is 3.83. The second kappa shape index (κ2) is 6.50. The molecule has 0 bridgehead atoms. The zero-order valence-corrected chi connectivity index (χ0v) is 13.9. The maximum absolute atomic E-state index is 13.9. The Morgan fingerprint density at radius 1 is 1.17 bits per heavy atom. The molecule has 0 radical (unpaired) electrons. The Labute approximate surface area is 139 Å². The molecule has 1 amide bonds. The normalized spacial score (nSPS) is 12.3. The van der Waals surface area contributed by atoms with Crippen LogP contribution in [0.5, 0.6) is 0 Å². The minimum atomic E-state index is -0.270. The summed E-state index contributed by atoms with van der Waals surface area (Å²) in [5.74, 6) is -0.176. The standard InChI is InChI=1S/C19H18FNOS/c1-12(14-7-4-3-5-8-14)11-21-19(22)18-13(2)17-15(20)9-6-10-16(17)23-18/h3-10,12H,11H2,1-2H3,(H,21,22)/t12-/m0/s1. The van der Waals surface area contributed by atoms with Crippen molar-refractivity contribution in [3.63, 3.8) is 0 Å². The van der Waals surface area contributed by atoms with Gasteiger partial charge < -0.3 is 5.32 Å². The third-order valence-electron chi connectivity index (χ3n) is 4.05. The van der Waals surface area contributed by atoms with Gasteiger partial charge in [-0.05, 0) is 36.1 Å². The summed E-state index contributed by atoms with van der Waals surface area (Å²) in [6.45, 7) is 4.43. The van der Waals surface area contributed by atoms with Crippen LogP contribution in [0.4, 0.5) is 4.39 Å². The van der Waals surface area contributed by atoms with E-state index in [4.69, 9.17) is 0 Å². The first-order chi connectivity index (χ1) is 11.1. The van der Waals surface area contributed by atoms with Gasteiger partial charge in [0, 0.05) is 16.6 Å². The molecule has 1 aromatic heterocycles. The van der Waals surface area contributed by atoms with Crippen LogP contribution >= 0.6 is 11.3 Å². The van der Waals surface area contributed by atoms with E-state index in [9.17, 15) is 9.18 Å². The zero-order valence-electron chi connectivity index (χ0n) is 13.1. The first kappa shape index (κ1) is 15.7. The molecule has 2 nitrogen and oxygen atoms in total. The molecular weight excluding hydrogens is 309 g/mol. The molecule has 0 fully saturated rings. The highest BCUT2D eigenvalue weighted by Gasteiger charge is 2.18. The molecule has 0 aliphatic rings. The van der Waals surface area contributed by atoms with E-state index in [-0.39, 0.29) is 17.6 Å². The Hall–Kier alpha value is -2.20. The van der Waals surface area contributed by atoms with E-state index >= 15 is 0 Å². The largest absolute Gasteiger partial charge is 0.351 e. The molecule has 1 N–H and O–H groups in total. The van der Waals surface area contributed by atoms with Gasteiger partial charge in [-0.1, -0.05) is 43.3 Å². The molecule has 3 aromatic rings. The van der Waals surface area contributed by atoms with Crippen LogP contribution in [-0.2, 0) is 0 Å². The van der Waals surface area contributed by atoms with Gasteiger partial charge in [-0.2, -0.15) is 0 Å². The average molecular weight is 327 g/mol. The van der Waals surface area contributed by atoms with E-state index in [1.807, 2.05) is 24.3 Å². The molecular formula is C19H18FNOS. The van der Waals surface area contributed by atoms with Crippen molar-refractivity contribution in [2.24, 2.45) is 0 Å². The quantitative estimate of drug-likeness (QED) is 0.727. The lowest BCUT2D eigenvalue weighted by Gasteiger charge is -2.12. The first-order valence-corrected chi connectivity index (χ1v) is 8.40. The number of rotatable bonds is 4. The summed E-state index contributed by atoms with van der Waals surface area (Å²) in [5.41, 5.74) is 1.90. The number of thiophene rings is 1. The minimum Gasteiger partial charge on any atom is -0.351 e. The van der Waals surface area contributed by atoms with E-state index in [2.05, 4.69) is 24.4 Å². The van der Waals surface area contributed by atoms with Crippen LogP contribution in [0, 0.1) is 12.7 Å². The molecule has 1 atom stereocenters. The topological polar surface area (TPSA) is 29.1 Å². The van der Waals surface area contributed by atoms with Gasteiger partial charge in [0.05, 0.1) is 4.88 Å². The highest BCUT2D eigenvalue weighted by Crippen LogP contribution is 2.32. The molecule has 23 heavy (non-hydrogen) atoms. The monoisotopic (exact) mass is 327 g/mol. The number of aryl methyl sites for hydroxylation is 1. The highest BCUT2D eigenvalue weighted by atomic mass is 32.1. The molecule has 4 heteroatoms. The summed E-state index contributed by atoms with van der Waals surface area (Å²) >= 11 is 1.34. The number of amides is 1. The predicted molar refractivity (Wildman–Crippen MR) is 93.7 cm³/mol.